The quantitative estimate of drug-likeness (QED) is 0.264. The Morgan fingerprint density at radius 1 is 0.944 bits per heavy atom. The number of rotatable bonds is 4. The first-order chi connectivity index (χ1) is 7.11. The highest BCUT2D eigenvalue weighted by Crippen LogP contribution is 1.90. The number of carbonyl (C=O) groups excluding carboxylic acids is 1. The summed E-state index contributed by atoms with van der Waals surface area (Å²) in [5, 5.41) is 49.9. The summed E-state index contributed by atoms with van der Waals surface area (Å²) in [6, 6.07) is 0. The highest BCUT2D eigenvalue weighted by molar-refractivity contribution is 5.82. The van der Waals surface area contributed by atoms with E-state index in [-0.39, 0.29) is 13.7 Å². The molecule has 0 heterocycles. The molecule has 0 aromatic heterocycles. The maximum Gasteiger partial charge on any atom is 1.00 e. The van der Waals surface area contributed by atoms with Crippen LogP contribution in [0.15, 0.2) is 0 Å². The Labute approximate surface area is 103 Å². The summed E-state index contributed by atoms with van der Waals surface area (Å²) in [4.78, 5) is 28.9. The lowest BCUT2D eigenvalue weighted by molar-refractivity contribution is -0.318. The molecule has 0 fully saturated rings. The lowest BCUT2D eigenvalue weighted by Crippen LogP contribution is -2.46. The lowest BCUT2D eigenvalue weighted by atomic mass is 10.2. The van der Waals surface area contributed by atoms with E-state index in [0.717, 1.165) is 0 Å². The second kappa shape index (κ2) is 11.7. The van der Waals surface area contributed by atoms with Crippen LogP contribution >= 0.6 is 0 Å². The van der Waals surface area contributed by atoms with Crippen molar-refractivity contribution in [2.24, 2.45) is 0 Å². The monoisotopic (exact) mass is 274 g/mol. The molecule has 3 atom stereocenters. The molecule has 0 aromatic rings. The summed E-state index contributed by atoms with van der Waals surface area (Å²) in [7, 11) is 0. The second-order valence-electron chi connectivity index (χ2n) is 2.56. The van der Waals surface area contributed by atoms with Crippen LogP contribution in [0.4, 0.5) is 0 Å². The van der Waals surface area contributed by atoms with Gasteiger partial charge in [0.2, 0.25) is 0 Å². The Kier molecular flexibility index (Phi) is 16.3. The number of carboxylic acids is 3. The third-order valence-corrected chi connectivity index (χ3v) is 1.15. The molecule has 18 heavy (non-hydrogen) atoms. The first-order valence-electron chi connectivity index (χ1n) is 3.82. The maximum absolute atomic E-state index is 9.74. The summed E-state index contributed by atoms with van der Waals surface area (Å²) in [5.41, 5.74) is 0. The van der Waals surface area contributed by atoms with E-state index in [1.54, 1.807) is 0 Å². The van der Waals surface area contributed by atoms with Crippen molar-refractivity contribution in [2.45, 2.75) is 25.2 Å². The van der Waals surface area contributed by atoms with Gasteiger partial charge in [0, 0.05) is 0 Å². The van der Waals surface area contributed by atoms with Crippen molar-refractivity contribution >= 4 is 17.9 Å². The number of carboxylic acid groups (broad SMARTS) is 3. The molecule has 0 aliphatic carbocycles. The Morgan fingerprint density at radius 3 is 1.28 bits per heavy atom. The molecular formula is C7H18N2O9. The van der Waals surface area contributed by atoms with Gasteiger partial charge in [-0.05, 0) is 6.92 Å². The molecule has 0 aromatic carbocycles. The van der Waals surface area contributed by atoms with Gasteiger partial charge < -0.3 is 47.7 Å². The van der Waals surface area contributed by atoms with Gasteiger partial charge in [-0.15, -0.1) is 0 Å². The smallest absolute Gasteiger partial charge is 0.547 e. The van der Waals surface area contributed by atoms with Gasteiger partial charge in [-0.1, -0.05) is 0 Å². The van der Waals surface area contributed by atoms with Crippen LogP contribution in [0.1, 0.15) is 8.35 Å². The van der Waals surface area contributed by atoms with Gasteiger partial charge in [0.25, 0.3) is 0 Å². The van der Waals surface area contributed by atoms with E-state index in [2.05, 4.69) is 0 Å². The summed E-state index contributed by atoms with van der Waals surface area (Å²) in [6.45, 7) is 1.20. The highest BCUT2D eigenvalue weighted by Gasteiger charge is 2.23. The Balaban J connectivity index is -0.0000000646. The molecule has 0 radical (unpaired) electrons. The summed E-state index contributed by atoms with van der Waals surface area (Å²) in [6.07, 6.45) is -5.94. The van der Waals surface area contributed by atoms with E-state index < -0.39 is 36.2 Å². The highest BCUT2D eigenvalue weighted by atomic mass is 16.4. The van der Waals surface area contributed by atoms with Crippen LogP contribution in [-0.4, -0.2) is 61.8 Å². The Morgan fingerprint density at radius 2 is 1.22 bits per heavy atom. The van der Waals surface area contributed by atoms with E-state index >= 15 is 0 Å². The van der Waals surface area contributed by atoms with E-state index in [9.17, 15) is 19.5 Å². The molecule has 11 N–H and O–H groups in total. The van der Waals surface area contributed by atoms with E-state index in [1.807, 2.05) is 0 Å². The van der Waals surface area contributed by atoms with Crippen molar-refractivity contribution in [2.75, 3.05) is 0 Å². The predicted molar refractivity (Wildman–Crippen MR) is 55.1 cm³/mol. The van der Waals surface area contributed by atoms with Gasteiger partial charge in [-0.25, -0.2) is 9.59 Å². The Bertz CT molecular complexity index is 255. The van der Waals surface area contributed by atoms with Crippen LogP contribution in [0.2, 0.25) is 0 Å². The van der Waals surface area contributed by atoms with E-state index in [1.165, 1.54) is 6.92 Å². The number of carbonyl (C=O) groups is 3. The molecular weight excluding hydrogens is 256 g/mol. The molecule has 0 aliphatic heterocycles. The number of hydrogen-bond donors (Lipinski definition) is 7. The third-order valence-electron chi connectivity index (χ3n) is 1.15. The minimum atomic E-state index is -2.38. The molecule has 11 heteroatoms. The van der Waals surface area contributed by atoms with Crippen LogP contribution in [0.25, 0.3) is 0 Å². The molecule has 110 valence electrons. The molecule has 0 amide bonds. The minimum Gasteiger partial charge on any atom is -0.547 e. The van der Waals surface area contributed by atoms with Crippen molar-refractivity contribution in [3.05, 3.63) is 0 Å². The summed E-state index contributed by atoms with van der Waals surface area (Å²) < 4.78 is 0. The molecule has 0 rings (SSSR count). The zero-order valence-corrected chi connectivity index (χ0v) is 9.52. The second-order valence-corrected chi connectivity index (χ2v) is 2.56. The average molecular weight is 274 g/mol. The van der Waals surface area contributed by atoms with Gasteiger partial charge in [0.05, 0.1) is 5.97 Å². The maximum atomic E-state index is 9.74. The van der Waals surface area contributed by atoms with Gasteiger partial charge in [0.15, 0.2) is 6.10 Å². The third kappa shape index (κ3) is 12.3. The van der Waals surface area contributed by atoms with Crippen molar-refractivity contribution in [1.82, 2.24) is 12.3 Å². The Hall–Kier alpha value is -1.79. The van der Waals surface area contributed by atoms with Crippen molar-refractivity contribution in [1.29, 1.82) is 0 Å². The summed E-state index contributed by atoms with van der Waals surface area (Å²) in [5.74, 6) is -5.01. The minimum absolute atomic E-state index is 0. The van der Waals surface area contributed by atoms with E-state index in [4.69, 9.17) is 25.5 Å². The van der Waals surface area contributed by atoms with Crippen LogP contribution < -0.4 is 17.4 Å². The van der Waals surface area contributed by atoms with E-state index in [0.29, 0.717) is 0 Å². The van der Waals surface area contributed by atoms with Gasteiger partial charge >= 0.3 is 13.4 Å². The van der Waals surface area contributed by atoms with Crippen molar-refractivity contribution in [3.8, 4) is 0 Å². The number of hydrogen-bond acceptors (Lipinski definition) is 9. The van der Waals surface area contributed by atoms with Gasteiger partial charge in [-0.2, -0.15) is 0 Å². The first-order valence-corrected chi connectivity index (χ1v) is 3.82. The first kappa shape index (κ1) is 25.2. The zero-order chi connectivity index (χ0) is 13.5. The fraction of sp³-hybridized carbons (Fsp3) is 0.571. The van der Waals surface area contributed by atoms with Gasteiger partial charge in [-0.3, -0.25) is 0 Å². The SMILES string of the molecule is CC(O)C(=O)O.N.N.O=C([O-])C(O)C(O)C(=O)O.[H+]. The fourth-order valence-electron chi connectivity index (χ4n) is 0.264. The van der Waals surface area contributed by atoms with Crippen LogP contribution in [0.3, 0.4) is 0 Å². The standard InChI is InChI=1S/C4H6O6.C3H6O3.2H3N/c5-1(3(7)8)2(6)4(9)10;1-2(4)3(5)6;;/h1-2,5-6H,(H,7,8)(H,9,10);2,4H,1H3,(H,5,6);2*1H3. The van der Waals surface area contributed by atoms with Gasteiger partial charge in [0.1, 0.15) is 12.2 Å². The molecule has 0 bridgehead atoms. The normalized spacial score (nSPS) is 13.3. The van der Waals surface area contributed by atoms with Crippen LogP contribution in [-0.2, 0) is 14.4 Å². The van der Waals surface area contributed by atoms with Crippen LogP contribution in [0.5, 0.6) is 0 Å². The van der Waals surface area contributed by atoms with Crippen molar-refractivity contribution < 1.29 is 46.4 Å². The molecule has 0 saturated heterocycles. The largest absolute Gasteiger partial charge is 1.00 e. The number of aliphatic hydroxyl groups is 3. The lowest BCUT2D eigenvalue weighted by Gasteiger charge is -2.13. The number of aliphatic hydroxyl groups excluding tert-OH is 3. The predicted octanol–water partition coefficient (Wildman–Crippen LogP) is -3.57. The molecule has 0 spiro atoms. The summed E-state index contributed by atoms with van der Waals surface area (Å²) >= 11 is 0. The molecule has 0 saturated carbocycles. The molecule has 3 unspecified atom stereocenters. The fourth-order valence-corrected chi connectivity index (χ4v) is 0.264. The van der Waals surface area contributed by atoms with Crippen molar-refractivity contribution in [3.63, 3.8) is 0 Å². The molecule has 11 nitrogen and oxygen atoms in total. The number of aliphatic carboxylic acids is 3. The topological polar surface area (TPSA) is 245 Å². The molecule has 0 aliphatic rings. The van der Waals surface area contributed by atoms with Crippen LogP contribution in [0, 0.1) is 0 Å². The average Bonchev–Trinajstić information content (AvgIpc) is 2.15. The zero-order valence-electron chi connectivity index (χ0n) is 10.5.